The fourth-order valence-electron chi connectivity index (χ4n) is 3.86. The van der Waals surface area contributed by atoms with Crippen molar-refractivity contribution in [1.82, 2.24) is 4.90 Å². The topological polar surface area (TPSA) is 59.0 Å². The van der Waals surface area contributed by atoms with Gasteiger partial charge in [-0.2, -0.15) is 0 Å². The van der Waals surface area contributed by atoms with E-state index < -0.39 is 11.0 Å². The van der Waals surface area contributed by atoms with Crippen LogP contribution in [0.15, 0.2) is 48.5 Å². The molecule has 1 N–H and O–H groups in total. The number of hydrogen-bond acceptors (Lipinski definition) is 4. The third kappa shape index (κ3) is 3.91. The molecule has 1 aliphatic rings. The molecular weight excluding hydrogens is 354 g/mol. The van der Waals surface area contributed by atoms with Gasteiger partial charge in [0.25, 0.3) is 5.91 Å². The minimum atomic E-state index is -0.930. The SMILES string of the molecule is COCC1(O)CCN(C(=O)c2cccc(-c3cccc(OC)c3)c2)CC1(C)C. The Morgan fingerprint density at radius 3 is 2.43 bits per heavy atom. The van der Waals surface area contributed by atoms with Crippen LogP contribution in [0.1, 0.15) is 30.6 Å². The van der Waals surface area contributed by atoms with Crippen molar-refractivity contribution < 1.29 is 19.4 Å². The third-order valence-corrected chi connectivity index (χ3v) is 5.82. The molecule has 0 spiro atoms. The molecule has 0 aromatic heterocycles. The summed E-state index contributed by atoms with van der Waals surface area (Å²) in [7, 11) is 3.23. The maximum absolute atomic E-state index is 13.2. The molecule has 0 aliphatic carbocycles. The van der Waals surface area contributed by atoms with Gasteiger partial charge in [0.1, 0.15) is 5.75 Å². The lowest BCUT2D eigenvalue weighted by atomic mass is 9.70. The van der Waals surface area contributed by atoms with E-state index in [9.17, 15) is 9.90 Å². The number of rotatable bonds is 5. The number of piperidine rings is 1. The van der Waals surface area contributed by atoms with Gasteiger partial charge in [0.2, 0.25) is 0 Å². The van der Waals surface area contributed by atoms with Gasteiger partial charge in [-0.3, -0.25) is 4.79 Å². The molecule has 0 radical (unpaired) electrons. The maximum atomic E-state index is 13.2. The number of benzene rings is 2. The van der Waals surface area contributed by atoms with Crippen molar-refractivity contribution in [2.24, 2.45) is 5.41 Å². The van der Waals surface area contributed by atoms with E-state index in [1.165, 1.54) is 0 Å². The Kier molecular flexibility index (Phi) is 5.77. The summed E-state index contributed by atoms with van der Waals surface area (Å²) in [6, 6.07) is 15.4. The van der Waals surface area contributed by atoms with Crippen LogP contribution >= 0.6 is 0 Å². The molecule has 1 unspecified atom stereocenters. The Morgan fingerprint density at radius 2 is 1.79 bits per heavy atom. The van der Waals surface area contributed by atoms with Crippen molar-refractivity contribution in [3.05, 3.63) is 54.1 Å². The standard InChI is InChI=1S/C23H29NO4/c1-22(2)15-24(12-11-23(22,26)16-27-3)21(25)19-9-5-7-17(13-19)18-8-6-10-20(14-18)28-4/h5-10,13-14,26H,11-12,15-16H2,1-4H3. The molecular formula is C23H29NO4. The Balaban J connectivity index is 1.82. The summed E-state index contributed by atoms with van der Waals surface area (Å²) in [6.45, 7) is 5.23. The van der Waals surface area contributed by atoms with E-state index in [1.54, 1.807) is 14.2 Å². The van der Waals surface area contributed by atoms with Gasteiger partial charge in [-0.15, -0.1) is 0 Å². The van der Waals surface area contributed by atoms with Crippen LogP contribution in [0.25, 0.3) is 11.1 Å². The van der Waals surface area contributed by atoms with Crippen molar-refractivity contribution in [2.75, 3.05) is 33.9 Å². The number of ether oxygens (including phenoxy) is 2. The number of carbonyl (C=O) groups is 1. The molecule has 0 bridgehead atoms. The zero-order valence-electron chi connectivity index (χ0n) is 17.1. The van der Waals surface area contributed by atoms with Crippen LogP contribution in [0.3, 0.4) is 0 Å². The highest BCUT2D eigenvalue weighted by atomic mass is 16.5. The van der Waals surface area contributed by atoms with Crippen molar-refractivity contribution in [3.63, 3.8) is 0 Å². The van der Waals surface area contributed by atoms with Crippen molar-refractivity contribution in [1.29, 1.82) is 0 Å². The number of amides is 1. The minimum absolute atomic E-state index is 0.0164. The lowest BCUT2D eigenvalue weighted by Gasteiger charge is -2.50. The molecule has 150 valence electrons. The van der Waals surface area contributed by atoms with E-state index in [-0.39, 0.29) is 12.5 Å². The van der Waals surface area contributed by atoms with E-state index >= 15 is 0 Å². The monoisotopic (exact) mass is 383 g/mol. The van der Waals surface area contributed by atoms with Gasteiger partial charge in [-0.1, -0.05) is 38.1 Å². The second-order valence-corrected chi connectivity index (χ2v) is 8.14. The van der Waals surface area contributed by atoms with Gasteiger partial charge in [0, 0.05) is 31.2 Å². The molecule has 1 amide bonds. The van der Waals surface area contributed by atoms with Gasteiger partial charge < -0.3 is 19.5 Å². The Bertz CT molecular complexity index is 848. The normalized spacial score (nSPS) is 21.4. The summed E-state index contributed by atoms with van der Waals surface area (Å²) in [5, 5.41) is 10.9. The zero-order valence-corrected chi connectivity index (χ0v) is 17.1. The predicted octanol–water partition coefficient (Wildman–Crippen LogP) is 3.61. The van der Waals surface area contributed by atoms with Crippen molar-refractivity contribution in [2.45, 2.75) is 25.9 Å². The van der Waals surface area contributed by atoms with E-state index in [4.69, 9.17) is 9.47 Å². The smallest absolute Gasteiger partial charge is 0.253 e. The summed E-state index contributed by atoms with van der Waals surface area (Å²) >= 11 is 0. The molecule has 5 nitrogen and oxygen atoms in total. The largest absolute Gasteiger partial charge is 0.497 e. The molecule has 1 saturated heterocycles. The summed E-state index contributed by atoms with van der Waals surface area (Å²) in [6.07, 6.45) is 0.495. The van der Waals surface area contributed by atoms with E-state index in [0.717, 1.165) is 16.9 Å². The first kappa shape index (κ1) is 20.4. The molecule has 1 fully saturated rings. The number of nitrogens with zero attached hydrogens (tertiary/aromatic N) is 1. The van der Waals surface area contributed by atoms with Gasteiger partial charge in [-0.05, 0) is 41.8 Å². The Hall–Kier alpha value is -2.37. The lowest BCUT2D eigenvalue weighted by molar-refractivity contribution is -0.144. The van der Waals surface area contributed by atoms with Crippen LogP contribution in [0.2, 0.25) is 0 Å². The second kappa shape index (κ2) is 7.94. The fraction of sp³-hybridized carbons (Fsp3) is 0.435. The molecule has 5 heteroatoms. The summed E-state index contributed by atoms with van der Waals surface area (Å²) in [5.74, 6) is 0.765. The van der Waals surface area contributed by atoms with Gasteiger partial charge >= 0.3 is 0 Å². The molecule has 2 aromatic rings. The van der Waals surface area contributed by atoms with Crippen LogP contribution in [-0.4, -0.2) is 55.4 Å². The summed E-state index contributed by atoms with van der Waals surface area (Å²) in [4.78, 5) is 15.0. The summed E-state index contributed by atoms with van der Waals surface area (Å²) < 4.78 is 10.5. The molecule has 28 heavy (non-hydrogen) atoms. The fourth-order valence-corrected chi connectivity index (χ4v) is 3.86. The van der Waals surface area contributed by atoms with Crippen LogP contribution in [0.5, 0.6) is 5.75 Å². The van der Waals surface area contributed by atoms with Gasteiger partial charge in [-0.25, -0.2) is 0 Å². The van der Waals surface area contributed by atoms with Crippen LogP contribution in [-0.2, 0) is 4.74 Å². The first-order chi connectivity index (χ1) is 13.3. The first-order valence-corrected chi connectivity index (χ1v) is 9.55. The number of hydrogen-bond donors (Lipinski definition) is 1. The second-order valence-electron chi connectivity index (χ2n) is 8.14. The van der Waals surface area contributed by atoms with Crippen LogP contribution in [0, 0.1) is 5.41 Å². The predicted molar refractivity (Wildman–Crippen MR) is 110 cm³/mol. The van der Waals surface area contributed by atoms with Gasteiger partial charge in [0.15, 0.2) is 0 Å². The minimum Gasteiger partial charge on any atom is -0.497 e. The Morgan fingerprint density at radius 1 is 1.11 bits per heavy atom. The molecule has 0 saturated carbocycles. The molecule has 1 heterocycles. The van der Waals surface area contributed by atoms with E-state index in [1.807, 2.05) is 67.3 Å². The molecule has 3 rings (SSSR count). The number of aliphatic hydroxyl groups is 1. The van der Waals surface area contributed by atoms with Crippen molar-refractivity contribution in [3.8, 4) is 16.9 Å². The van der Waals surface area contributed by atoms with Crippen LogP contribution in [0.4, 0.5) is 0 Å². The van der Waals surface area contributed by atoms with E-state index in [2.05, 4.69) is 0 Å². The maximum Gasteiger partial charge on any atom is 0.253 e. The van der Waals surface area contributed by atoms with E-state index in [0.29, 0.717) is 25.1 Å². The van der Waals surface area contributed by atoms with Gasteiger partial charge in [0.05, 0.1) is 19.3 Å². The lowest BCUT2D eigenvalue weighted by Crippen LogP contribution is -2.60. The average Bonchev–Trinajstić information content (AvgIpc) is 2.70. The first-order valence-electron chi connectivity index (χ1n) is 9.55. The summed E-state index contributed by atoms with van der Waals surface area (Å²) in [5.41, 5.74) is 1.23. The Labute approximate surface area is 166 Å². The third-order valence-electron chi connectivity index (χ3n) is 5.82. The highest BCUT2D eigenvalue weighted by Gasteiger charge is 2.48. The number of likely N-dealkylation sites (tertiary alicyclic amines) is 1. The number of methoxy groups -OCH3 is 2. The van der Waals surface area contributed by atoms with Crippen molar-refractivity contribution >= 4 is 5.91 Å². The average molecular weight is 383 g/mol. The molecule has 2 aromatic carbocycles. The number of carbonyl (C=O) groups excluding carboxylic acids is 1. The molecule has 1 aliphatic heterocycles. The zero-order chi connectivity index (χ0) is 20.4. The van der Waals surface area contributed by atoms with Crippen LogP contribution < -0.4 is 4.74 Å². The highest BCUT2D eigenvalue weighted by molar-refractivity contribution is 5.95. The quantitative estimate of drug-likeness (QED) is 0.857. The molecule has 1 atom stereocenters. The highest BCUT2D eigenvalue weighted by Crippen LogP contribution is 2.39.